The van der Waals surface area contributed by atoms with Gasteiger partial charge in [-0.15, -0.1) is 0 Å². The number of hydrogen-bond acceptors (Lipinski definition) is 3. The van der Waals surface area contributed by atoms with Gasteiger partial charge in [-0.2, -0.15) is 0 Å². The van der Waals surface area contributed by atoms with E-state index in [2.05, 4.69) is 36.9 Å². The van der Waals surface area contributed by atoms with Gasteiger partial charge in [-0.3, -0.25) is 0 Å². The molecular formula is C15H15BrClN3. The summed E-state index contributed by atoms with van der Waals surface area (Å²) >= 11 is 9.89. The molecule has 2 fully saturated rings. The first-order chi connectivity index (χ1) is 9.67. The molecule has 0 bridgehead atoms. The summed E-state index contributed by atoms with van der Waals surface area (Å²) < 4.78 is 1.04. The minimum absolute atomic E-state index is 0.546. The summed E-state index contributed by atoms with van der Waals surface area (Å²) in [6.07, 6.45) is 6.96. The molecule has 5 heteroatoms. The zero-order valence-electron chi connectivity index (χ0n) is 11.1. The number of fused-ring (bicyclic) bond motifs is 1. The molecule has 1 aliphatic heterocycles. The Hall–Kier alpha value is -0.870. The van der Waals surface area contributed by atoms with Crippen LogP contribution in [0.3, 0.4) is 0 Å². The van der Waals surface area contributed by atoms with Crippen LogP contribution in [-0.4, -0.2) is 23.1 Å². The van der Waals surface area contributed by atoms with Gasteiger partial charge in [0, 0.05) is 17.6 Å². The first kappa shape index (κ1) is 12.8. The van der Waals surface area contributed by atoms with Crippen molar-refractivity contribution < 1.29 is 0 Å². The van der Waals surface area contributed by atoms with Gasteiger partial charge in [0.15, 0.2) is 0 Å². The van der Waals surface area contributed by atoms with E-state index < -0.39 is 0 Å². The lowest BCUT2D eigenvalue weighted by Crippen LogP contribution is -2.34. The van der Waals surface area contributed by atoms with Gasteiger partial charge in [-0.25, -0.2) is 9.97 Å². The van der Waals surface area contributed by atoms with Crippen LogP contribution in [-0.2, 0) is 0 Å². The monoisotopic (exact) mass is 351 g/mol. The van der Waals surface area contributed by atoms with Gasteiger partial charge >= 0.3 is 0 Å². The van der Waals surface area contributed by atoms with E-state index in [1.807, 2.05) is 6.07 Å². The van der Waals surface area contributed by atoms with Gasteiger partial charge in [0.1, 0.15) is 11.5 Å². The minimum atomic E-state index is 0.546. The normalized spacial score (nSPS) is 20.6. The van der Waals surface area contributed by atoms with E-state index in [1.54, 1.807) is 0 Å². The SMILES string of the molecule is Clc1ncnc2cc(Br)cc(N3CCC4(CC3)CC4)c12. The van der Waals surface area contributed by atoms with Crippen LogP contribution in [0.2, 0.25) is 5.15 Å². The Morgan fingerprint density at radius 1 is 1.10 bits per heavy atom. The van der Waals surface area contributed by atoms with Crippen molar-refractivity contribution in [3.05, 3.63) is 28.1 Å². The molecule has 0 amide bonds. The summed E-state index contributed by atoms with van der Waals surface area (Å²) in [5.74, 6) is 0. The van der Waals surface area contributed by atoms with Crippen LogP contribution in [0, 0.1) is 5.41 Å². The lowest BCUT2D eigenvalue weighted by molar-refractivity contribution is 0.385. The van der Waals surface area contributed by atoms with Crippen molar-refractivity contribution in [2.24, 2.45) is 5.41 Å². The van der Waals surface area contributed by atoms with E-state index in [0.717, 1.165) is 34.2 Å². The topological polar surface area (TPSA) is 29.0 Å². The largest absolute Gasteiger partial charge is 0.371 e. The van der Waals surface area contributed by atoms with Crippen LogP contribution in [0.15, 0.2) is 22.9 Å². The van der Waals surface area contributed by atoms with E-state index in [4.69, 9.17) is 11.6 Å². The smallest absolute Gasteiger partial charge is 0.142 e. The second-order valence-corrected chi connectivity index (χ2v) is 7.24. The third kappa shape index (κ3) is 2.09. The van der Waals surface area contributed by atoms with Crippen molar-refractivity contribution in [2.75, 3.05) is 18.0 Å². The van der Waals surface area contributed by atoms with Gasteiger partial charge in [-0.05, 0) is 43.2 Å². The molecule has 1 saturated carbocycles. The van der Waals surface area contributed by atoms with Crippen LogP contribution in [0.25, 0.3) is 10.9 Å². The van der Waals surface area contributed by atoms with Crippen molar-refractivity contribution in [1.29, 1.82) is 0 Å². The fourth-order valence-electron chi connectivity index (χ4n) is 3.25. The summed E-state index contributed by atoms with van der Waals surface area (Å²) in [6, 6.07) is 4.14. The van der Waals surface area contributed by atoms with E-state index in [-0.39, 0.29) is 0 Å². The van der Waals surface area contributed by atoms with Crippen molar-refractivity contribution >= 4 is 44.1 Å². The van der Waals surface area contributed by atoms with Crippen molar-refractivity contribution in [2.45, 2.75) is 25.7 Å². The van der Waals surface area contributed by atoms with Crippen molar-refractivity contribution in [3.63, 3.8) is 0 Å². The maximum absolute atomic E-state index is 6.31. The fourth-order valence-corrected chi connectivity index (χ4v) is 3.92. The lowest BCUT2D eigenvalue weighted by Gasteiger charge is -2.34. The van der Waals surface area contributed by atoms with Crippen LogP contribution < -0.4 is 4.90 Å². The highest BCUT2D eigenvalue weighted by Gasteiger charge is 2.44. The van der Waals surface area contributed by atoms with Crippen molar-refractivity contribution in [1.82, 2.24) is 9.97 Å². The Morgan fingerprint density at radius 2 is 1.85 bits per heavy atom. The molecule has 0 radical (unpaired) electrons. The van der Waals surface area contributed by atoms with E-state index >= 15 is 0 Å². The zero-order valence-corrected chi connectivity index (χ0v) is 13.4. The number of rotatable bonds is 1. The highest BCUT2D eigenvalue weighted by Crippen LogP contribution is 2.54. The molecule has 0 N–H and O–H groups in total. The standard InChI is InChI=1S/C15H15BrClN3/c16-10-7-11-13(14(17)19-9-18-11)12(8-10)20-5-3-15(1-2-15)4-6-20/h7-9H,1-6H2. The number of aromatic nitrogens is 2. The molecule has 1 aromatic carbocycles. The Labute approximate surface area is 131 Å². The van der Waals surface area contributed by atoms with Crippen LogP contribution >= 0.6 is 27.5 Å². The molecule has 104 valence electrons. The highest BCUT2D eigenvalue weighted by molar-refractivity contribution is 9.10. The molecule has 2 heterocycles. The quantitative estimate of drug-likeness (QED) is 0.711. The number of benzene rings is 1. The maximum atomic E-state index is 6.31. The second-order valence-electron chi connectivity index (χ2n) is 5.97. The predicted octanol–water partition coefficient (Wildman–Crippen LogP) is 4.43. The third-order valence-electron chi connectivity index (χ3n) is 4.76. The fraction of sp³-hybridized carbons (Fsp3) is 0.467. The number of hydrogen-bond donors (Lipinski definition) is 0. The minimum Gasteiger partial charge on any atom is -0.371 e. The summed E-state index contributed by atoms with van der Waals surface area (Å²) in [5.41, 5.74) is 2.75. The van der Waals surface area contributed by atoms with Crippen LogP contribution in [0.4, 0.5) is 5.69 Å². The van der Waals surface area contributed by atoms with E-state index in [1.165, 1.54) is 32.0 Å². The van der Waals surface area contributed by atoms with Crippen LogP contribution in [0.1, 0.15) is 25.7 Å². The number of anilines is 1. The van der Waals surface area contributed by atoms with E-state index in [0.29, 0.717) is 10.6 Å². The molecular weight excluding hydrogens is 338 g/mol. The molecule has 1 aromatic heterocycles. The maximum Gasteiger partial charge on any atom is 0.142 e. The summed E-state index contributed by atoms with van der Waals surface area (Å²) in [7, 11) is 0. The average molecular weight is 353 g/mol. The first-order valence-electron chi connectivity index (χ1n) is 7.02. The molecule has 4 rings (SSSR count). The van der Waals surface area contributed by atoms with E-state index in [9.17, 15) is 0 Å². The highest BCUT2D eigenvalue weighted by atomic mass is 79.9. The Kier molecular flexibility index (Phi) is 2.93. The first-order valence-corrected chi connectivity index (χ1v) is 8.19. The molecule has 2 aromatic rings. The van der Waals surface area contributed by atoms with Crippen LogP contribution in [0.5, 0.6) is 0 Å². The van der Waals surface area contributed by atoms with Gasteiger partial charge < -0.3 is 4.90 Å². The Bertz CT molecular complexity index is 674. The average Bonchev–Trinajstić information content (AvgIpc) is 3.18. The Morgan fingerprint density at radius 3 is 2.55 bits per heavy atom. The molecule has 20 heavy (non-hydrogen) atoms. The van der Waals surface area contributed by atoms with Gasteiger partial charge in [0.25, 0.3) is 0 Å². The molecule has 2 aliphatic rings. The van der Waals surface area contributed by atoms with Gasteiger partial charge in [0.2, 0.25) is 0 Å². The van der Waals surface area contributed by atoms with Gasteiger partial charge in [0.05, 0.1) is 16.6 Å². The van der Waals surface area contributed by atoms with Gasteiger partial charge in [-0.1, -0.05) is 27.5 Å². The number of nitrogens with zero attached hydrogens (tertiary/aromatic N) is 3. The third-order valence-corrected chi connectivity index (χ3v) is 5.50. The summed E-state index contributed by atoms with van der Waals surface area (Å²) in [6.45, 7) is 2.22. The molecule has 1 aliphatic carbocycles. The molecule has 1 spiro atoms. The predicted molar refractivity (Wildman–Crippen MR) is 85.4 cm³/mol. The molecule has 1 saturated heterocycles. The Balaban J connectivity index is 1.78. The molecule has 0 atom stereocenters. The molecule has 0 unspecified atom stereocenters. The lowest BCUT2D eigenvalue weighted by atomic mass is 9.93. The molecule has 3 nitrogen and oxygen atoms in total. The number of piperidine rings is 1. The zero-order chi connectivity index (χ0) is 13.7. The number of halogens is 2. The summed E-state index contributed by atoms with van der Waals surface area (Å²) in [4.78, 5) is 10.9. The summed E-state index contributed by atoms with van der Waals surface area (Å²) in [5, 5.41) is 1.52. The second kappa shape index (κ2) is 4.57. The van der Waals surface area contributed by atoms with Crippen molar-refractivity contribution in [3.8, 4) is 0 Å².